The summed E-state index contributed by atoms with van der Waals surface area (Å²) >= 11 is 0. The Labute approximate surface area is 90.3 Å². The van der Waals surface area contributed by atoms with Crippen LogP contribution in [0.1, 0.15) is 19.3 Å². The Bertz CT molecular complexity index is 290. The maximum absolute atomic E-state index is 12.2. The predicted octanol–water partition coefficient (Wildman–Crippen LogP) is 1.10. The van der Waals surface area contributed by atoms with E-state index in [9.17, 15) is 22.8 Å². The van der Waals surface area contributed by atoms with Crippen molar-refractivity contribution in [3.05, 3.63) is 0 Å². The number of piperidine rings is 1. The number of hydrogen-bond donors (Lipinski definition) is 0. The third-order valence-electron chi connectivity index (χ3n) is 2.48. The number of alkyl halides is 3. The summed E-state index contributed by atoms with van der Waals surface area (Å²) in [6.07, 6.45) is -3.64. The Kier molecular flexibility index (Phi) is 3.77. The Morgan fingerprint density at radius 1 is 1.31 bits per heavy atom. The molecule has 4 nitrogen and oxygen atoms in total. The van der Waals surface area contributed by atoms with Crippen molar-refractivity contribution in [1.82, 2.24) is 4.90 Å². The number of amides is 1. The molecule has 7 heteroatoms. The van der Waals surface area contributed by atoms with Crippen LogP contribution in [0.25, 0.3) is 0 Å². The van der Waals surface area contributed by atoms with Gasteiger partial charge in [0.15, 0.2) is 0 Å². The Balaban J connectivity index is 2.82. The molecule has 1 rings (SSSR count). The topological polar surface area (TPSA) is 46.6 Å². The van der Waals surface area contributed by atoms with E-state index in [0.717, 1.165) is 7.11 Å². The first-order chi connectivity index (χ1) is 7.38. The molecule has 1 amide bonds. The van der Waals surface area contributed by atoms with Crippen molar-refractivity contribution in [3.8, 4) is 0 Å². The number of carbonyl (C=O) groups excluding carboxylic acids is 2. The molecule has 1 unspecified atom stereocenters. The summed E-state index contributed by atoms with van der Waals surface area (Å²) in [5, 5.41) is 0. The molecule has 1 fully saturated rings. The van der Waals surface area contributed by atoms with Crippen LogP contribution in [0.4, 0.5) is 13.2 Å². The molecule has 1 aliphatic rings. The van der Waals surface area contributed by atoms with E-state index in [1.165, 1.54) is 0 Å². The van der Waals surface area contributed by atoms with Gasteiger partial charge < -0.3 is 9.64 Å². The lowest BCUT2D eigenvalue weighted by atomic mass is 10.0. The van der Waals surface area contributed by atoms with Crippen LogP contribution in [0.5, 0.6) is 0 Å². The van der Waals surface area contributed by atoms with Crippen LogP contribution in [0.3, 0.4) is 0 Å². The minimum Gasteiger partial charge on any atom is -0.467 e. The van der Waals surface area contributed by atoms with Crippen LogP contribution >= 0.6 is 0 Å². The second-order valence-electron chi connectivity index (χ2n) is 3.53. The Morgan fingerprint density at radius 2 is 1.94 bits per heavy atom. The number of ether oxygens (including phenoxy) is 1. The lowest BCUT2D eigenvalue weighted by molar-refractivity contribution is -0.191. The lowest BCUT2D eigenvalue weighted by Gasteiger charge is -2.33. The molecule has 1 aliphatic heterocycles. The monoisotopic (exact) mass is 239 g/mol. The van der Waals surface area contributed by atoms with Crippen molar-refractivity contribution in [2.45, 2.75) is 31.5 Å². The second-order valence-corrected chi connectivity index (χ2v) is 3.53. The number of methoxy groups -OCH3 is 1. The number of carbonyl (C=O) groups is 2. The van der Waals surface area contributed by atoms with Gasteiger partial charge in [0, 0.05) is 6.54 Å². The van der Waals surface area contributed by atoms with E-state index in [-0.39, 0.29) is 13.0 Å². The minimum atomic E-state index is -4.94. The maximum Gasteiger partial charge on any atom is 0.471 e. The van der Waals surface area contributed by atoms with Gasteiger partial charge >= 0.3 is 18.1 Å². The number of hydrogen-bond acceptors (Lipinski definition) is 3. The molecular weight excluding hydrogens is 227 g/mol. The van der Waals surface area contributed by atoms with Gasteiger partial charge in [-0.15, -0.1) is 0 Å². The van der Waals surface area contributed by atoms with Crippen molar-refractivity contribution in [2.75, 3.05) is 13.7 Å². The largest absolute Gasteiger partial charge is 0.471 e. The summed E-state index contributed by atoms with van der Waals surface area (Å²) in [6, 6.07) is -1.10. The molecule has 0 N–H and O–H groups in total. The number of likely N-dealkylation sites (tertiary alicyclic amines) is 1. The molecule has 0 aromatic heterocycles. The highest BCUT2D eigenvalue weighted by molar-refractivity contribution is 5.87. The lowest BCUT2D eigenvalue weighted by Crippen LogP contribution is -2.52. The van der Waals surface area contributed by atoms with Crippen molar-refractivity contribution in [1.29, 1.82) is 0 Å². The van der Waals surface area contributed by atoms with E-state index in [1.54, 1.807) is 0 Å². The summed E-state index contributed by atoms with van der Waals surface area (Å²) in [5.41, 5.74) is 0. The zero-order valence-corrected chi connectivity index (χ0v) is 8.71. The first-order valence-corrected chi connectivity index (χ1v) is 4.83. The van der Waals surface area contributed by atoms with Gasteiger partial charge in [0.25, 0.3) is 0 Å². The highest BCUT2D eigenvalue weighted by Gasteiger charge is 2.46. The summed E-state index contributed by atoms with van der Waals surface area (Å²) in [5.74, 6) is -2.76. The Hall–Kier alpha value is -1.27. The van der Waals surface area contributed by atoms with E-state index in [1.807, 2.05) is 0 Å². The maximum atomic E-state index is 12.2. The van der Waals surface area contributed by atoms with Gasteiger partial charge in [-0.05, 0) is 19.3 Å². The van der Waals surface area contributed by atoms with Crippen molar-refractivity contribution in [3.63, 3.8) is 0 Å². The number of esters is 1. The first-order valence-electron chi connectivity index (χ1n) is 4.83. The number of rotatable bonds is 1. The van der Waals surface area contributed by atoms with Crippen LogP contribution in [0, 0.1) is 0 Å². The van der Waals surface area contributed by atoms with E-state index >= 15 is 0 Å². The highest BCUT2D eigenvalue weighted by Crippen LogP contribution is 2.25. The van der Waals surface area contributed by atoms with Gasteiger partial charge in [-0.3, -0.25) is 4.79 Å². The minimum absolute atomic E-state index is 0.0574. The molecule has 0 aromatic rings. The first kappa shape index (κ1) is 12.8. The van der Waals surface area contributed by atoms with E-state index in [0.29, 0.717) is 17.7 Å². The normalized spacial score (nSPS) is 21.8. The van der Waals surface area contributed by atoms with E-state index in [2.05, 4.69) is 4.74 Å². The van der Waals surface area contributed by atoms with E-state index in [4.69, 9.17) is 0 Å². The molecule has 0 radical (unpaired) electrons. The molecule has 92 valence electrons. The molecule has 1 heterocycles. The summed E-state index contributed by atoms with van der Waals surface area (Å²) in [4.78, 5) is 22.8. The van der Waals surface area contributed by atoms with Crippen LogP contribution in [-0.4, -0.2) is 42.6 Å². The quantitative estimate of drug-likeness (QED) is 0.644. The molecule has 0 spiro atoms. The van der Waals surface area contributed by atoms with Gasteiger partial charge in [-0.2, -0.15) is 13.2 Å². The van der Waals surface area contributed by atoms with Gasteiger partial charge in [0.05, 0.1) is 7.11 Å². The molecule has 16 heavy (non-hydrogen) atoms. The number of nitrogens with zero attached hydrogens (tertiary/aromatic N) is 1. The molecule has 1 atom stereocenters. The van der Waals surface area contributed by atoms with Gasteiger partial charge in [-0.1, -0.05) is 0 Å². The third kappa shape index (κ3) is 2.65. The van der Waals surface area contributed by atoms with Crippen molar-refractivity contribution < 1.29 is 27.5 Å². The van der Waals surface area contributed by atoms with E-state index < -0.39 is 24.1 Å². The van der Waals surface area contributed by atoms with Crippen molar-refractivity contribution >= 4 is 11.9 Å². The van der Waals surface area contributed by atoms with Gasteiger partial charge in [0.2, 0.25) is 0 Å². The van der Waals surface area contributed by atoms with Crippen LogP contribution in [0.2, 0.25) is 0 Å². The van der Waals surface area contributed by atoms with Crippen LogP contribution in [0.15, 0.2) is 0 Å². The second kappa shape index (κ2) is 4.71. The smallest absolute Gasteiger partial charge is 0.467 e. The fraction of sp³-hybridized carbons (Fsp3) is 0.778. The molecular formula is C9H12F3NO3. The fourth-order valence-electron chi connectivity index (χ4n) is 1.72. The van der Waals surface area contributed by atoms with Crippen LogP contribution < -0.4 is 0 Å². The highest BCUT2D eigenvalue weighted by atomic mass is 19.4. The summed E-state index contributed by atoms with van der Waals surface area (Å²) in [7, 11) is 1.09. The predicted molar refractivity (Wildman–Crippen MR) is 47.4 cm³/mol. The SMILES string of the molecule is COC(=O)C1CCCCN1C(=O)C(F)(F)F. The molecule has 1 saturated heterocycles. The average Bonchev–Trinajstić information content (AvgIpc) is 2.25. The summed E-state index contributed by atoms with van der Waals surface area (Å²) < 4.78 is 41.1. The molecule has 0 aliphatic carbocycles. The number of halogens is 3. The summed E-state index contributed by atoms with van der Waals surface area (Å²) in [6.45, 7) is -0.0574. The average molecular weight is 239 g/mol. The van der Waals surface area contributed by atoms with Gasteiger partial charge in [-0.25, -0.2) is 4.79 Å². The Morgan fingerprint density at radius 3 is 2.44 bits per heavy atom. The molecule has 0 saturated carbocycles. The third-order valence-corrected chi connectivity index (χ3v) is 2.48. The van der Waals surface area contributed by atoms with Crippen molar-refractivity contribution in [2.24, 2.45) is 0 Å². The van der Waals surface area contributed by atoms with Gasteiger partial charge in [0.1, 0.15) is 6.04 Å². The molecule has 0 bridgehead atoms. The zero-order valence-electron chi connectivity index (χ0n) is 8.71. The van der Waals surface area contributed by atoms with Crippen LogP contribution in [-0.2, 0) is 14.3 Å². The standard InChI is InChI=1S/C9H12F3NO3/c1-16-7(14)6-4-2-3-5-13(6)8(15)9(10,11)12/h6H,2-5H2,1H3. The molecule has 0 aromatic carbocycles. The fourth-order valence-corrected chi connectivity index (χ4v) is 1.72. The zero-order chi connectivity index (χ0) is 12.3.